The number of amides is 3. The lowest BCUT2D eigenvalue weighted by molar-refractivity contribution is -0.124. The Morgan fingerprint density at radius 1 is 0.919 bits per heavy atom. The van der Waals surface area contributed by atoms with E-state index in [9.17, 15) is 18.6 Å². The number of hydrogen-bond acceptors (Lipinski definition) is 6. The van der Waals surface area contributed by atoms with E-state index in [2.05, 4.69) is 10.6 Å². The molecule has 0 saturated heterocycles. The van der Waals surface area contributed by atoms with Crippen molar-refractivity contribution in [3.63, 3.8) is 0 Å². The van der Waals surface area contributed by atoms with Gasteiger partial charge in [-0.15, -0.1) is 0 Å². The lowest BCUT2D eigenvalue weighted by Gasteiger charge is -2.27. The average molecular weight is 524 g/mol. The standard InChI is InChI=1S/C27H29N3O6S/c1-27(2,3)29-24(31)14-30(21-10-6-8-18-7-4-5-9-20(18)21)26(33)16-37(34)15-25(32)28-19-11-12-22-23(13-19)36-17-35-22/h4-13H,14-17H2,1-3H3,(H,28,32)(H,29,31)/t37-/m1/s1. The zero-order chi connectivity index (χ0) is 26.6. The molecule has 3 aromatic carbocycles. The molecule has 1 heterocycles. The molecule has 1 atom stereocenters. The van der Waals surface area contributed by atoms with Crippen LogP contribution in [0.25, 0.3) is 10.8 Å². The lowest BCUT2D eigenvalue weighted by atomic mass is 10.1. The topological polar surface area (TPSA) is 114 Å². The van der Waals surface area contributed by atoms with Crippen LogP contribution in [0, 0.1) is 0 Å². The normalized spacial score (nSPS) is 13.2. The Bertz CT molecular complexity index is 1360. The van der Waals surface area contributed by atoms with Crippen molar-refractivity contribution >= 4 is 50.7 Å². The first-order valence-corrected chi connectivity index (χ1v) is 13.2. The third kappa shape index (κ3) is 6.85. The van der Waals surface area contributed by atoms with Crippen molar-refractivity contribution in [3.05, 3.63) is 60.7 Å². The second-order valence-corrected chi connectivity index (χ2v) is 11.1. The number of carbonyl (C=O) groups excluding carboxylic acids is 3. The molecule has 0 saturated carbocycles. The third-order valence-corrected chi connectivity index (χ3v) is 6.56. The van der Waals surface area contributed by atoms with Crippen molar-refractivity contribution in [2.45, 2.75) is 26.3 Å². The maximum Gasteiger partial charge on any atom is 0.240 e. The van der Waals surface area contributed by atoms with E-state index in [0.29, 0.717) is 22.9 Å². The van der Waals surface area contributed by atoms with E-state index in [-0.39, 0.29) is 25.0 Å². The largest absolute Gasteiger partial charge is 0.454 e. The van der Waals surface area contributed by atoms with Gasteiger partial charge in [0.25, 0.3) is 0 Å². The van der Waals surface area contributed by atoms with Crippen molar-refractivity contribution in [3.8, 4) is 11.5 Å². The molecule has 0 spiro atoms. The highest BCUT2D eigenvalue weighted by molar-refractivity contribution is 7.86. The summed E-state index contributed by atoms with van der Waals surface area (Å²) in [4.78, 5) is 39.9. The smallest absolute Gasteiger partial charge is 0.240 e. The first-order chi connectivity index (χ1) is 17.6. The number of carbonyl (C=O) groups is 3. The first-order valence-electron chi connectivity index (χ1n) is 11.7. The molecule has 1 aliphatic heterocycles. The summed E-state index contributed by atoms with van der Waals surface area (Å²) in [5.41, 5.74) is 0.517. The molecule has 0 aliphatic carbocycles. The quantitative estimate of drug-likeness (QED) is 0.469. The van der Waals surface area contributed by atoms with E-state index in [1.54, 1.807) is 30.3 Å². The molecule has 2 N–H and O–H groups in total. The Balaban J connectivity index is 1.47. The fraction of sp³-hybridized carbons (Fsp3) is 0.296. The molecule has 37 heavy (non-hydrogen) atoms. The van der Waals surface area contributed by atoms with E-state index in [4.69, 9.17) is 9.47 Å². The fourth-order valence-corrected chi connectivity index (χ4v) is 4.83. The Labute approximate surface area is 217 Å². The van der Waals surface area contributed by atoms with Crippen LogP contribution in [0.3, 0.4) is 0 Å². The first kappa shape index (κ1) is 26.2. The van der Waals surface area contributed by atoms with Gasteiger partial charge in [-0.2, -0.15) is 0 Å². The van der Waals surface area contributed by atoms with Crippen LogP contribution in [0.2, 0.25) is 0 Å². The molecular weight excluding hydrogens is 494 g/mol. The number of benzene rings is 3. The minimum absolute atomic E-state index is 0.111. The SMILES string of the molecule is CC(C)(C)NC(=O)CN(C(=O)C[S@](=O)CC(=O)Nc1ccc2c(c1)OCO2)c1cccc2ccccc12. The maximum atomic E-state index is 13.4. The van der Waals surface area contributed by atoms with Gasteiger partial charge in [-0.3, -0.25) is 18.6 Å². The molecule has 9 nitrogen and oxygen atoms in total. The highest BCUT2D eigenvalue weighted by Crippen LogP contribution is 2.34. The van der Waals surface area contributed by atoms with Gasteiger partial charge in [-0.25, -0.2) is 0 Å². The van der Waals surface area contributed by atoms with E-state index < -0.39 is 33.9 Å². The molecule has 0 fully saturated rings. The number of fused-ring (bicyclic) bond motifs is 2. The Morgan fingerprint density at radius 3 is 2.43 bits per heavy atom. The van der Waals surface area contributed by atoms with Crippen LogP contribution in [-0.4, -0.2) is 52.3 Å². The summed E-state index contributed by atoms with van der Waals surface area (Å²) in [6.07, 6.45) is 0. The molecule has 0 aromatic heterocycles. The lowest BCUT2D eigenvalue weighted by Crippen LogP contribution is -2.48. The Hall–Kier alpha value is -3.92. The molecule has 194 valence electrons. The van der Waals surface area contributed by atoms with Crippen LogP contribution in [-0.2, 0) is 25.2 Å². The van der Waals surface area contributed by atoms with Crippen molar-refractivity contribution < 1.29 is 28.1 Å². The minimum atomic E-state index is -1.81. The van der Waals surface area contributed by atoms with Crippen molar-refractivity contribution in [2.24, 2.45) is 0 Å². The van der Waals surface area contributed by atoms with E-state index in [1.807, 2.05) is 51.1 Å². The van der Waals surface area contributed by atoms with Crippen LogP contribution in [0.4, 0.5) is 11.4 Å². The summed E-state index contributed by atoms with van der Waals surface area (Å²) >= 11 is 0. The van der Waals surface area contributed by atoms with Gasteiger partial charge < -0.3 is 25.0 Å². The van der Waals surface area contributed by atoms with Crippen LogP contribution in [0.15, 0.2) is 60.7 Å². The van der Waals surface area contributed by atoms with Gasteiger partial charge in [-0.05, 0) is 44.4 Å². The van der Waals surface area contributed by atoms with Crippen molar-refractivity contribution in [1.82, 2.24) is 5.32 Å². The summed E-state index contributed by atoms with van der Waals surface area (Å²) in [5.74, 6) is -1.08. The highest BCUT2D eigenvalue weighted by Gasteiger charge is 2.25. The van der Waals surface area contributed by atoms with Crippen molar-refractivity contribution in [2.75, 3.05) is 35.1 Å². The predicted octanol–water partition coefficient (Wildman–Crippen LogP) is 3.20. The molecule has 0 radical (unpaired) electrons. The molecule has 4 rings (SSSR count). The van der Waals surface area contributed by atoms with Gasteiger partial charge in [0.1, 0.15) is 18.1 Å². The van der Waals surface area contributed by atoms with Crippen LogP contribution in [0.5, 0.6) is 11.5 Å². The molecule has 0 unspecified atom stereocenters. The molecule has 1 aliphatic rings. The molecular formula is C27H29N3O6S. The Kier molecular flexibility index (Phi) is 7.77. The monoisotopic (exact) mass is 523 g/mol. The van der Waals surface area contributed by atoms with E-state index >= 15 is 0 Å². The second-order valence-electron chi connectivity index (χ2n) is 9.62. The van der Waals surface area contributed by atoms with Crippen LogP contribution >= 0.6 is 0 Å². The molecule has 3 aromatic rings. The minimum Gasteiger partial charge on any atom is -0.454 e. The summed E-state index contributed by atoms with van der Waals surface area (Å²) in [6, 6.07) is 17.9. The van der Waals surface area contributed by atoms with Gasteiger partial charge in [0, 0.05) is 33.5 Å². The van der Waals surface area contributed by atoms with Gasteiger partial charge in [-0.1, -0.05) is 36.4 Å². The summed E-state index contributed by atoms with van der Waals surface area (Å²) in [5, 5.41) is 7.21. The van der Waals surface area contributed by atoms with Gasteiger partial charge in [0.05, 0.1) is 5.69 Å². The average Bonchev–Trinajstić information content (AvgIpc) is 3.29. The van der Waals surface area contributed by atoms with Gasteiger partial charge >= 0.3 is 0 Å². The fourth-order valence-electron chi connectivity index (χ4n) is 3.94. The third-order valence-electron chi connectivity index (χ3n) is 5.41. The zero-order valence-electron chi connectivity index (χ0n) is 20.9. The number of nitrogens with zero attached hydrogens (tertiary/aromatic N) is 1. The van der Waals surface area contributed by atoms with Crippen molar-refractivity contribution in [1.29, 1.82) is 0 Å². The number of nitrogens with one attached hydrogen (secondary N) is 2. The zero-order valence-corrected chi connectivity index (χ0v) is 21.7. The van der Waals surface area contributed by atoms with E-state index in [0.717, 1.165) is 10.8 Å². The molecule has 0 bridgehead atoms. The second kappa shape index (κ2) is 11.0. The highest BCUT2D eigenvalue weighted by atomic mass is 32.2. The number of ether oxygens (including phenoxy) is 2. The number of anilines is 2. The number of rotatable bonds is 8. The van der Waals surface area contributed by atoms with E-state index in [1.165, 1.54) is 4.90 Å². The molecule has 10 heteroatoms. The van der Waals surface area contributed by atoms with Crippen LogP contribution in [0.1, 0.15) is 20.8 Å². The Morgan fingerprint density at radius 2 is 1.65 bits per heavy atom. The molecule has 3 amide bonds. The maximum absolute atomic E-state index is 13.4. The summed E-state index contributed by atoms with van der Waals surface area (Å²) in [7, 11) is -1.81. The number of hydrogen-bond donors (Lipinski definition) is 2. The van der Waals surface area contributed by atoms with Gasteiger partial charge in [0.15, 0.2) is 11.5 Å². The van der Waals surface area contributed by atoms with Crippen LogP contribution < -0.4 is 25.0 Å². The predicted molar refractivity (Wildman–Crippen MR) is 143 cm³/mol. The summed E-state index contributed by atoms with van der Waals surface area (Å²) < 4.78 is 23.4. The van der Waals surface area contributed by atoms with Gasteiger partial charge in [0.2, 0.25) is 24.5 Å². The summed E-state index contributed by atoms with van der Waals surface area (Å²) in [6.45, 7) is 5.42.